The van der Waals surface area contributed by atoms with Crippen molar-refractivity contribution >= 4 is 5.91 Å². The molecule has 6 heteroatoms. The summed E-state index contributed by atoms with van der Waals surface area (Å²) in [5.74, 6) is 2.49. The summed E-state index contributed by atoms with van der Waals surface area (Å²) in [4.78, 5) is 22.5. The van der Waals surface area contributed by atoms with Crippen molar-refractivity contribution in [2.75, 3.05) is 26.2 Å². The first-order chi connectivity index (χ1) is 15.4. The number of amides is 1. The van der Waals surface area contributed by atoms with Crippen LogP contribution in [0.15, 0.2) is 54.6 Å². The van der Waals surface area contributed by atoms with E-state index in [1.54, 1.807) is 0 Å². The molecule has 1 N–H and O–H groups in total. The Labute approximate surface area is 189 Å². The molecule has 0 aliphatic carbocycles. The van der Waals surface area contributed by atoms with E-state index in [9.17, 15) is 4.79 Å². The van der Waals surface area contributed by atoms with Crippen molar-refractivity contribution in [2.45, 2.75) is 39.2 Å². The monoisotopic (exact) mass is 429 g/mol. The third kappa shape index (κ3) is 3.84. The zero-order chi connectivity index (χ0) is 22.3. The van der Waals surface area contributed by atoms with Gasteiger partial charge in [-0.15, -0.1) is 0 Å². The lowest BCUT2D eigenvalue weighted by Crippen LogP contribution is -2.61. The van der Waals surface area contributed by atoms with Crippen molar-refractivity contribution in [3.63, 3.8) is 0 Å². The Morgan fingerprint density at radius 3 is 2.59 bits per heavy atom. The van der Waals surface area contributed by atoms with Gasteiger partial charge in [-0.3, -0.25) is 14.8 Å². The molecule has 2 aliphatic heterocycles. The van der Waals surface area contributed by atoms with E-state index >= 15 is 0 Å². The number of carbonyl (C=O) groups is 1. The third-order valence-electron chi connectivity index (χ3n) is 6.90. The molecule has 3 aromatic rings. The first kappa shape index (κ1) is 20.9. The summed E-state index contributed by atoms with van der Waals surface area (Å²) < 4.78 is 0. The van der Waals surface area contributed by atoms with Crippen LogP contribution in [0.2, 0.25) is 0 Å². The van der Waals surface area contributed by atoms with Gasteiger partial charge in [0.1, 0.15) is 5.82 Å². The molecule has 1 atom stereocenters. The Balaban J connectivity index is 1.37. The van der Waals surface area contributed by atoms with Crippen LogP contribution in [0.5, 0.6) is 0 Å². The van der Waals surface area contributed by atoms with Crippen LogP contribution in [0.1, 0.15) is 58.8 Å². The molecule has 1 spiro atoms. The van der Waals surface area contributed by atoms with Gasteiger partial charge in [-0.25, -0.2) is 4.98 Å². The SMILES string of the molecule is Cc1cccc(C(=O)N2CC3(CN(Cc4ccccc4)CC3c3nc(C(C)C)n[nH]3)C2)c1. The number of likely N-dealkylation sites (tertiary alicyclic amines) is 2. The number of carbonyl (C=O) groups excluding carboxylic acids is 1. The van der Waals surface area contributed by atoms with Gasteiger partial charge >= 0.3 is 0 Å². The molecule has 1 amide bonds. The Morgan fingerprint density at radius 1 is 1.12 bits per heavy atom. The minimum Gasteiger partial charge on any atom is -0.337 e. The average molecular weight is 430 g/mol. The number of aromatic amines is 1. The molecule has 0 bridgehead atoms. The van der Waals surface area contributed by atoms with Gasteiger partial charge < -0.3 is 4.90 Å². The summed E-state index contributed by atoms with van der Waals surface area (Å²) in [5, 5.41) is 7.70. The molecular weight excluding hydrogens is 398 g/mol. The van der Waals surface area contributed by atoms with Crippen molar-refractivity contribution < 1.29 is 4.79 Å². The van der Waals surface area contributed by atoms with Crippen molar-refractivity contribution in [1.29, 1.82) is 0 Å². The predicted molar refractivity (Wildman–Crippen MR) is 124 cm³/mol. The van der Waals surface area contributed by atoms with Crippen molar-refractivity contribution in [3.8, 4) is 0 Å². The maximum atomic E-state index is 13.1. The van der Waals surface area contributed by atoms with Gasteiger partial charge in [-0.05, 0) is 24.6 Å². The van der Waals surface area contributed by atoms with Crippen LogP contribution in [-0.4, -0.2) is 57.1 Å². The summed E-state index contributed by atoms with van der Waals surface area (Å²) in [6, 6.07) is 18.5. The zero-order valence-electron chi connectivity index (χ0n) is 19.1. The lowest BCUT2D eigenvalue weighted by molar-refractivity contribution is 0.00179. The van der Waals surface area contributed by atoms with Gasteiger partial charge in [-0.2, -0.15) is 5.10 Å². The van der Waals surface area contributed by atoms with Gasteiger partial charge in [0, 0.05) is 55.5 Å². The van der Waals surface area contributed by atoms with Gasteiger partial charge in [0.2, 0.25) is 0 Å². The Bertz CT molecular complexity index is 1100. The number of nitrogens with zero attached hydrogens (tertiary/aromatic N) is 4. The first-order valence-corrected chi connectivity index (χ1v) is 11.5. The second-order valence-corrected chi connectivity index (χ2v) is 9.83. The molecule has 5 rings (SSSR count). The lowest BCUT2D eigenvalue weighted by atomic mass is 9.71. The molecule has 0 radical (unpaired) electrons. The highest BCUT2D eigenvalue weighted by atomic mass is 16.2. The minimum atomic E-state index is 0.0159. The topological polar surface area (TPSA) is 65.1 Å². The van der Waals surface area contributed by atoms with E-state index in [4.69, 9.17) is 4.98 Å². The molecule has 3 heterocycles. The fourth-order valence-electron chi connectivity index (χ4n) is 5.25. The second-order valence-electron chi connectivity index (χ2n) is 9.83. The zero-order valence-corrected chi connectivity index (χ0v) is 19.1. The highest BCUT2D eigenvalue weighted by Gasteiger charge is 2.56. The molecule has 2 aromatic carbocycles. The molecule has 1 aromatic heterocycles. The smallest absolute Gasteiger partial charge is 0.253 e. The summed E-state index contributed by atoms with van der Waals surface area (Å²) in [5.41, 5.74) is 3.22. The van der Waals surface area contributed by atoms with Crippen LogP contribution >= 0.6 is 0 Å². The normalized spacial score (nSPS) is 20.1. The number of hydrogen-bond donors (Lipinski definition) is 1. The molecule has 166 valence electrons. The van der Waals surface area contributed by atoms with Gasteiger partial charge in [-0.1, -0.05) is 61.9 Å². The first-order valence-electron chi connectivity index (χ1n) is 11.5. The standard InChI is InChI=1S/C26H31N5O/c1-18(2)23-27-24(29-28-23)22-14-30(13-20-9-5-4-6-10-20)15-26(22)16-31(17-26)25(32)21-11-7-8-19(3)12-21/h4-12,18,22H,13-17H2,1-3H3,(H,27,28,29). The van der Waals surface area contributed by atoms with E-state index in [0.29, 0.717) is 5.92 Å². The van der Waals surface area contributed by atoms with Crippen LogP contribution in [0.3, 0.4) is 0 Å². The number of rotatable bonds is 5. The highest BCUT2D eigenvalue weighted by Crippen LogP contribution is 2.49. The Morgan fingerprint density at radius 2 is 1.91 bits per heavy atom. The highest BCUT2D eigenvalue weighted by molar-refractivity contribution is 5.95. The molecule has 2 saturated heterocycles. The fraction of sp³-hybridized carbons (Fsp3) is 0.423. The number of H-pyrrole nitrogens is 1. The molecule has 2 aliphatic rings. The summed E-state index contributed by atoms with van der Waals surface area (Å²) in [6.07, 6.45) is 0. The molecule has 1 unspecified atom stereocenters. The second kappa shape index (κ2) is 8.17. The van der Waals surface area contributed by atoms with E-state index in [1.165, 1.54) is 5.56 Å². The van der Waals surface area contributed by atoms with E-state index in [2.05, 4.69) is 59.3 Å². The number of hydrogen-bond acceptors (Lipinski definition) is 4. The lowest BCUT2D eigenvalue weighted by Gasteiger charge is -2.50. The number of aryl methyl sites for hydroxylation is 1. The van der Waals surface area contributed by atoms with Crippen LogP contribution < -0.4 is 0 Å². The number of aromatic nitrogens is 3. The largest absolute Gasteiger partial charge is 0.337 e. The fourth-order valence-corrected chi connectivity index (χ4v) is 5.25. The summed E-state index contributed by atoms with van der Waals surface area (Å²) in [6.45, 7) is 10.6. The van der Waals surface area contributed by atoms with Gasteiger partial charge in [0.15, 0.2) is 5.82 Å². The maximum Gasteiger partial charge on any atom is 0.253 e. The van der Waals surface area contributed by atoms with Crippen LogP contribution in [0.25, 0.3) is 0 Å². The van der Waals surface area contributed by atoms with Crippen LogP contribution in [-0.2, 0) is 6.54 Å². The maximum absolute atomic E-state index is 13.1. The van der Waals surface area contributed by atoms with Crippen LogP contribution in [0.4, 0.5) is 0 Å². The third-order valence-corrected chi connectivity index (χ3v) is 6.90. The number of nitrogens with one attached hydrogen (secondary N) is 1. The molecule has 32 heavy (non-hydrogen) atoms. The van der Waals surface area contributed by atoms with Crippen molar-refractivity contribution in [1.82, 2.24) is 25.0 Å². The predicted octanol–water partition coefficient (Wildman–Crippen LogP) is 3.98. The Hall–Kier alpha value is -2.99. The van der Waals surface area contributed by atoms with Gasteiger partial charge in [0.25, 0.3) is 5.91 Å². The van der Waals surface area contributed by atoms with Crippen molar-refractivity contribution in [2.24, 2.45) is 5.41 Å². The Kier molecular flexibility index (Phi) is 5.33. The van der Waals surface area contributed by atoms with E-state index in [1.807, 2.05) is 36.1 Å². The van der Waals surface area contributed by atoms with Crippen molar-refractivity contribution in [3.05, 3.63) is 82.9 Å². The summed E-state index contributed by atoms with van der Waals surface area (Å²) in [7, 11) is 0. The van der Waals surface area contributed by atoms with E-state index < -0.39 is 0 Å². The van der Waals surface area contributed by atoms with Gasteiger partial charge in [0.05, 0.1) is 0 Å². The average Bonchev–Trinajstić information content (AvgIpc) is 3.38. The molecule has 2 fully saturated rings. The molecule has 6 nitrogen and oxygen atoms in total. The van der Waals surface area contributed by atoms with E-state index in [0.717, 1.165) is 55.5 Å². The number of benzene rings is 2. The minimum absolute atomic E-state index is 0.0159. The summed E-state index contributed by atoms with van der Waals surface area (Å²) >= 11 is 0. The van der Waals surface area contributed by atoms with Crippen LogP contribution in [0, 0.1) is 12.3 Å². The molecular formula is C26H31N5O. The van der Waals surface area contributed by atoms with E-state index in [-0.39, 0.29) is 17.2 Å². The molecule has 0 saturated carbocycles. The quantitative estimate of drug-likeness (QED) is 0.666.